The molecule has 1 unspecified atom stereocenters. The Balaban J connectivity index is 1.63. The van der Waals surface area contributed by atoms with Crippen molar-refractivity contribution in [3.05, 3.63) is 49.1 Å². The number of nitrogens with zero attached hydrogens (tertiary/aromatic N) is 2. The second kappa shape index (κ2) is 7.76. The van der Waals surface area contributed by atoms with Crippen molar-refractivity contribution in [1.29, 1.82) is 0 Å². The van der Waals surface area contributed by atoms with Crippen LogP contribution in [0.15, 0.2) is 49.1 Å². The molecule has 0 spiro atoms. The van der Waals surface area contributed by atoms with Gasteiger partial charge in [0, 0.05) is 49.0 Å². The number of ether oxygens (including phenoxy) is 3. The van der Waals surface area contributed by atoms with Crippen LogP contribution in [-0.4, -0.2) is 35.3 Å². The van der Waals surface area contributed by atoms with E-state index in [4.69, 9.17) is 14.2 Å². The first kappa shape index (κ1) is 16.9. The Kier molecular flexibility index (Phi) is 5.04. The fourth-order valence-corrected chi connectivity index (χ4v) is 3.25. The molecule has 0 radical (unpaired) electrons. The number of aromatic nitrogens is 3. The molecule has 1 saturated heterocycles. The zero-order valence-electron chi connectivity index (χ0n) is 14.9. The quantitative estimate of drug-likeness (QED) is 0.674. The summed E-state index contributed by atoms with van der Waals surface area (Å²) in [6, 6.07) is 8.21. The summed E-state index contributed by atoms with van der Waals surface area (Å²) >= 11 is 0. The van der Waals surface area contributed by atoms with Gasteiger partial charge in [-0.3, -0.25) is 0 Å². The minimum absolute atomic E-state index is 0.0424. The van der Waals surface area contributed by atoms with Crippen LogP contribution in [0.3, 0.4) is 0 Å². The molecule has 1 fully saturated rings. The predicted octanol–water partition coefficient (Wildman–Crippen LogP) is 4.23. The minimum atomic E-state index is 0.0424. The summed E-state index contributed by atoms with van der Waals surface area (Å²) in [6.45, 7) is 1.01. The molecule has 3 aromatic rings. The van der Waals surface area contributed by atoms with Crippen LogP contribution in [0.5, 0.6) is 5.75 Å². The highest BCUT2D eigenvalue weighted by Gasteiger charge is 2.17. The van der Waals surface area contributed by atoms with Crippen molar-refractivity contribution in [2.24, 2.45) is 0 Å². The van der Waals surface area contributed by atoms with Crippen LogP contribution in [-0.2, 0) is 9.47 Å². The van der Waals surface area contributed by atoms with Gasteiger partial charge in [0.15, 0.2) is 6.79 Å². The van der Waals surface area contributed by atoms with Crippen molar-refractivity contribution in [1.82, 2.24) is 14.8 Å². The van der Waals surface area contributed by atoms with Crippen LogP contribution in [0.4, 0.5) is 0 Å². The second-order valence-electron chi connectivity index (χ2n) is 6.39. The molecule has 3 heterocycles. The molecule has 1 atom stereocenters. The molecule has 26 heavy (non-hydrogen) atoms. The van der Waals surface area contributed by atoms with Gasteiger partial charge < -0.3 is 19.2 Å². The van der Waals surface area contributed by atoms with Crippen molar-refractivity contribution in [2.45, 2.75) is 25.5 Å². The van der Waals surface area contributed by atoms with Crippen LogP contribution in [0.1, 0.15) is 25.5 Å². The highest BCUT2D eigenvalue weighted by molar-refractivity contribution is 5.75. The minimum Gasteiger partial charge on any atom is -0.467 e. The van der Waals surface area contributed by atoms with Crippen molar-refractivity contribution in [3.8, 4) is 28.0 Å². The molecular weight excluding hydrogens is 330 g/mol. The van der Waals surface area contributed by atoms with E-state index in [9.17, 15) is 0 Å². The van der Waals surface area contributed by atoms with Crippen molar-refractivity contribution in [3.63, 3.8) is 0 Å². The van der Waals surface area contributed by atoms with Crippen LogP contribution < -0.4 is 4.74 Å². The number of H-pyrrole nitrogens is 1. The maximum atomic E-state index is 5.81. The third-order valence-corrected chi connectivity index (χ3v) is 4.61. The van der Waals surface area contributed by atoms with Gasteiger partial charge in [-0.25, -0.2) is 4.68 Å². The first-order valence-electron chi connectivity index (χ1n) is 8.90. The van der Waals surface area contributed by atoms with Gasteiger partial charge in [-0.2, -0.15) is 5.10 Å². The monoisotopic (exact) mass is 353 g/mol. The molecule has 6 heteroatoms. The van der Waals surface area contributed by atoms with E-state index < -0.39 is 0 Å². The zero-order valence-corrected chi connectivity index (χ0v) is 14.9. The average molecular weight is 353 g/mol. The molecule has 1 aliphatic heterocycles. The molecule has 1 aromatic carbocycles. The summed E-state index contributed by atoms with van der Waals surface area (Å²) in [4.78, 5) is 3.08. The van der Waals surface area contributed by atoms with Gasteiger partial charge in [0.1, 0.15) is 12.0 Å². The number of nitrogens with one attached hydrogen (secondary N) is 1. The highest BCUT2D eigenvalue weighted by atomic mass is 16.7. The van der Waals surface area contributed by atoms with Crippen LogP contribution in [0.25, 0.3) is 22.3 Å². The molecule has 1 aliphatic rings. The van der Waals surface area contributed by atoms with Gasteiger partial charge in [-0.1, -0.05) is 6.07 Å². The predicted molar refractivity (Wildman–Crippen MR) is 98.8 cm³/mol. The van der Waals surface area contributed by atoms with Gasteiger partial charge in [0.05, 0.1) is 6.20 Å². The molecule has 0 saturated carbocycles. The van der Waals surface area contributed by atoms with Gasteiger partial charge in [0.2, 0.25) is 0 Å². The number of rotatable bonds is 6. The lowest BCUT2D eigenvalue weighted by molar-refractivity contribution is -0.0394. The number of aromatic amines is 1. The Hall–Kier alpha value is -2.57. The normalized spacial score (nSPS) is 17.3. The molecule has 0 aliphatic carbocycles. The van der Waals surface area contributed by atoms with E-state index in [1.54, 1.807) is 7.11 Å². The molecule has 2 aromatic heterocycles. The molecule has 0 bridgehead atoms. The molecule has 0 amide bonds. The summed E-state index contributed by atoms with van der Waals surface area (Å²) in [6.07, 6.45) is 11.1. The second-order valence-corrected chi connectivity index (χ2v) is 6.39. The molecular formula is C20H23N3O3. The first-order chi connectivity index (χ1) is 12.8. The maximum absolute atomic E-state index is 5.81. The summed E-state index contributed by atoms with van der Waals surface area (Å²) in [7, 11) is 1.62. The fourth-order valence-electron chi connectivity index (χ4n) is 3.25. The fraction of sp³-hybridized carbons (Fsp3) is 0.350. The van der Waals surface area contributed by atoms with Crippen LogP contribution in [0.2, 0.25) is 0 Å². The summed E-state index contributed by atoms with van der Waals surface area (Å²) in [5.74, 6) is 0.783. The Morgan fingerprint density at radius 2 is 2.19 bits per heavy atom. The van der Waals surface area contributed by atoms with Crippen molar-refractivity contribution < 1.29 is 14.2 Å². The standard InChI is InChI=1S/C20H23N3O3/c1-24-14-26-19-10-15(5-6-18(19)16-7-8-21-11-16)17-12-22-23(13-17)20-4-2-3-9-25-20/h5-8,10-13,20-21H,2-4,9,14H2,1H3. The smallest absolute Gasteiger partial charge is 0.188 e. The van der Waals surface area contributed by atoms with Gasteiger partial charge in [-0.15, -0.1) is 0 Å². The van der Waals surface area contributed by atoms with Crippen LogP contribution in [0, 0.1) is 0 Å². The number of hydrogen-bond donors (Lipinski definition) is 1. The molecule has 1 N–H and O–H groups in total. The lowest BCUT2D eigenvalue weighted by Crippen LogP contribution is -2.18. The zero-order chi connectivity index (χ0) is 17.8. The van der Waals surface area contributed by atoms with Gasteiger partial charge in [0.25, 0.3) is 0 Å². The van der Waals surface area contributed by atoms with E-state index in [1.165, 1.54) is 6.42 Å². The molecule has 136 valence electrons. The van der Waals surface area contributed by atoms with E-state index in [0.717, 1.165) is 47.5 Å². The van der Waals surface area contributed by atoms with E-state index >= 15 is 0 Å². The van der Waals surface area contributed by atoms with Crippen molar-refractivity contribution >= 4 is 0 Å². The van der Waals surface area contributed by atoms with Crippen LogP contribution >= 0.6 is 0 Å². The SMILES string of the molecule is COCOc1cc(-c2cnn(C3CCCCO3)c2)ccc1-c1cc[nH]c1. The Morgan fingerprint density at radius 1 is 1.23 bits per heavy atom. The van der Waals surface area contributed by atoms with E-state index in [-0.39, 0.29) is 13.0 Å². The number of benzene rings is 1. The third kappa shape index (κ3) is 3.52. The van der Waals surface area contributed by atoms with Gasteiger partial charge >= 0.3 is 0 Å². The summed E-state index contributed by atoms with van der Waals surface area (Å²) in [5, 5.41) is 4.50. The van der Waals surface area contributed by atoms with Crippen molar-refractivity contribution in [2.75, 3.05) is 20.5 Å². The first-order valence-corrected chi connectivity index (χ1v) is 8.90. The Labute approximate surface area is 152 Å². The van der Waals surface area contributed by atoms with E-state index in [1.807, 2.05) is 41.6 Å². The third-order valence-electron chi connectivity index (χ3n) is 4.61. The number of methoxy groups -OCH3 is 1. The van der Waals surface area contributed by atoms with E-state index in [0.29, 0.717) is 0 Å². The molecule has 4 rings (SSSR count). The largest absolute Gasteiger partial charge is 0.467 e. The lowest BCUT2D eigenvalue weighted by atomic mass is 10.0. The maximum Gasteiger partial charge on any atom is 0.188 e. The number of hydrogen-bond acceptors (Lipinski definition) is 4. The average Bonchev–Trinajstić information content (AvgIpc) is 3.39. The van der Waals surface area contributed by atoms with E-state index in [2.05, 4.69) is 22.2 Å². The highest BCUT2D eigenvalue weighted by Crippen LogP contribution is 2.34. The summed E-state index contributed by atoms with van der Waals surface area (Å²) in [5.41, 5.74) is 4.20. The lowest BCUT2D eigenvalue weighted by Gasteiger charge is -2.22. The van der Waals surface area contributed by atoms with Gasteiger partial charge in [-0.05, 0) is 43.0 Å². The summed E-state index contributed by atoms with van der Waals surface area (Å²) < 4.78 is 18.6. The Morgan fingerprint density at radius 3 is 2.96 bits per heavy atom. The topological polar surface area (TPSA) is 61.3 Å². The molecule has 6 nitrogen and oxygen atoms in total. The Bertz CT molecular complexity index is 836.